The predicted octanol–water partition coefficient (Wildman–Crippen LogP) is 5.83. The van der Waals surface area contributed by atoms with Crippen molar-refractivity contribution in [1.29, 1.82) is 0 Å². The number of hydrogen-bond donors (Lipinski definition) is 0. The molecule has 2 bridgehead atoms. The summed E-state index contributed by atoms with van der Waals surface area (Å²) in [5.41, 5.74) is 9.41. The van der Waals surface area contributed by atoms with Gasteiger partial charge in [-0.05, 0) is 63.5 Å². The van der Waals surface area contributed by atoms with Gasteiger partial charge in [-0.1, -0.05) is 37.8 Å². The van der Waals surface area contributed by atoms with E-state index < -0.39 is 0 Å². The number of benzene rings is 1. The van der Waals surface area contributed by atoms with Crippen LogP contribution in [0.1, 0.15) is 66.6 Å². The van der Waals surface area contributed by atoms with Crippen LogP contribution in [0.25, 0.3) is 11.3 Å². The molecule has 1 unspecified atom stereocenters. The molecule has 3 aliphatic rings. The Labute approximate surface area is 239 Å². The quantitative estimate of drug-likeness (QED) is 0.388. The summed E-state index contributed by atoms with van der Waals surface area (Å²) >= 11 is 0. The third kappa shape index (κ3) is 4.73. The minimum atomic E-state index is 0.191. The molecule has 2 aromatic heterocycles. The second-order valence-electron chi connectivity index (χ2n) is 12.5. The lowest BCUT2D eigenvalue weighted by Crippen LogP contribution is -2.46. The van der Waals surface area contributed by atoms with E-state index in [-0.39, 0.29) is 6.04 Å². The summed E-state index contributed by atoms with van der Waals surface area (Å²) in [6, 6.07) is 9.27. The molecule has 1 aromatic carbocycles. The van der Waals surface area contributed by atoms with E-state index in [9.17, 15) is 0 Å². The zero-order valence-corrected chi connectivity index (χ0v) is 25.1. The topological polar surface area (TPSA) is 43.2 Å². The van der Waals surface area contributed by atoms with Crippen molar-refractivity contribution in [2.45, 2.75) is 58.9 Å². The summed E-state index contributed by atoms with van der Waals surface area (Å²) in [6.07, 6.45) is 5.34. The number of likely N-dealkylation sites (N-methyl/N-ethyl adjacent to an activating group) is 2. The minimum Gasteiger partial charge on any atom is -0.377 e. The Morgan fingerprint density at radius 1 is 0.925 bits per heavy atom. The monoisotopic (exact) mass is 539 g/mol. The van der Waals surface area contributed by atoms with E-state index in [0.29, 0.717) is 5.92 Å². The molecule has 2 fully saturated rings. The highest BCUT2D eigenvalue weighted by molar-refractivity contribution is 5.68. The smallest absolute Gasteiger partial charge is 0.160 e. The number of hydrogen-bond acceptors (Lipinski definition) is 6. The summed E-state index contributed by atoms with van der Waals surface area (Å²) in [4.78, 5) is 14.8. The molecule has 3 aliphatic heterocycles. The Morgan fingerprint density at radius 3 is 2.48 bits per heavy atom. The first-order chi connectivity index (χ1) is 19.2. The van der Waals surface area contributed by atoms with E-state index in [4.69, 9.17) is 16.7 Å². The van der Waals surface area contributed by atoms with Crippen molar-refractivity contribution in [3.05, 3.63) is 71.1 Å². The largest absolute Gasteiger partial charge is 0.377 e. The van der Waals surface area contributed by atoms with Gasteiger partial charge in [0.15, 0.2) is 5.65 Å². The fourth-order valence-corrected chi connectivity index (χ4v) is 6.79. The van der Waals surface area contributed by atoms with Crippen molar-refractivity contribution >= 4 is 23.0 Å². The van der Waals surface area contributed by atoms with Crippen LogP contribution < -0.4 is 9.80 Å². The summed E-state index contributed by atoms with van der Waals surface area (Å²) in [7, 11) is 4.36. The number of aromatic nitrogens is 3. The number of allylic oxidation sites excluding steroid dienone is 1. The maximum atomic E-state index is 5.30. The first-order valence-corrected chi connectivity index (χ1v) is 15.0. The van der Waals surface area contributed by atoms with E-state index in [0.717, 1.165) is 80.7 Å². The van der Waals surface area contributed by atoms with E-state index in [1.807, 2.05) is 0 Å². The number of aryl methyl sites for hydroxylation is 2. The molecular formula is C33H45N7. The van der Waals surface area contributed by atoms with Crippen molar-refractivity contribution in [2.75, 3.05) is 56.6 Å². The molecule has 1 atom stereocenters. The van der Waals surface area contributed by atoms with Gasteiger partial charge in [0.1, 0.15) is 11.6 Å². The van der Waals surface area contributed by atoms with Gasteiger partial charge < -0.3 is 19.6 Å². The first-order valence-electron chi connectivity index (χ1n) is 15.0. The average Bonchev–Trinajstić information content (AvgIpc) is 3.35. The van der Waals surface area contributed by atoms with Gasteiger partial charge >= 0.3 is 0 Å². The van der Waals surface area contributed by atoms with Crippen LogP contribution in [0, 0.1) is 19.8 Å². The third-order valence-corrected chi connectivity index (χ3v) is 9.29. The summed E-state index contributed by atoms with van der Waals surface area (Å²) in [5, 5.41) is 5.30. The summed E-state index contributed by atoms with van der Waals surface area (Å²) < 4.78 is 2.10. The molecule has 0 amide bonds. The van der Waals surface area contributed by atoms with Crippen molar-refractivity contribution in [3.63, 3.8) is 0 Å². The minimum absolute atomic E-state index is 0.191. The van der Waals surface area contributed by atoms with Crippen molar-refractivity contribution < 1.29 is 0 Å². The highest BCUT2D eigenvalue weighted by Crippen LogP contribution is 2.39. The van der Waals surface area contributed by atoms with Crippen LogP contribution in [0.4, 0.5) is 11.6 Å². The van der Waals surface area contributed by atoms with Crippen LogP contribution in [0.15, 0.2) is 43.1 Å². The lowest BCUT2D eigenvalue weighted by atomic mass is 9.93. The van der Waals surface area contributed by atoms with E-state index >= 15 is 0 Å². The molecular weight excluding hydrogens is 494 g/mol. The van der Waals surface area contributed by atoms with Crippen LogP contribution in [0.2, 0.25) is 0 Å². The van der Waals surface area contributed by atoms with Crippen LogP contribution in [0.3, 0.4) is 0 Å². The molecule has 5 heterocycles. The number of rotatable bonds is 1. The molecule has 7 heteroatoms. The van der Waals surface area contributed by atoms with Gasteiger partial charge in [0.25, 0.3) is 0 Å². The molecule has 0 N–H and O–H groups in total. The molecule has 3 aromatic rings. The fraction of sp³-hybridized carbons (Fsp3) is 0.515. The summed E-state index contributed by atoms with van der Waals surface area (Å²) in [6.45, 7) is 20.8. The summed E-state index contributed by atoms with van der Waals surface area (Å²) in [5.74, 6) is 2.95. The van der Waals surface area contributed by atoms with Gasteiger partial charge in [0.2, 0.25) is 0 Å². The van der Waals surface area contributed by atoms with Crippen molar-refractivity contribution in [3.8, 4) is 0 Å². The Kier molecular flexibility index (Phi) is 7.01. The average molecular weight is 540 g/mol. The third-order valence-electron chi connectivity index (χ3n) is 9.29. The fourth-order valence-electron chi connectivity index (χ4n) is 6.79. The number of piperidine rings is 1. The number of nitrogens with zero attached hydrogens (tertiary/aromatic N) is 7. The Hall–Kier alpha value is -3.48. The molecule has 0 spiro atoms. The highest BCUT2D eigenvalue weighted by atomic mass is 15.4. The SMILES string of the molecule is C=C1CCc2ccc(C)cc2C(=C)N2CCCCC2c2cc3nc(N4CC(C)C4)c(C)c(n3n2)N(C)CCN1C. The van der Waals surface area contributed by atoms with Crippen molar-refractivity contribution in [2.24, 2.45) is 5.92 Å². The van der Waals surface area contributed by atoms with Gasteiger partial charge in [-0.3, -0.25) is 0 Å². The van der Waals surface area contributed by atoms with E-state index in [1.54, 1.807) is 0 Å². The molecule has 7 nitrogen and oxygen atoms in total. The second-order valence-corrected chi connectivity index (χ2v) is 12.5. The zero-order chi connectivity index (χ0) is 28.1. The van der Waals surface area contributed by atoms with Crippen LogP contribution in [0.5, 0.6) is 0 Å². The van der Waals surface area contributed by atoms with Gasteiger partial charge in [-0.15, -0.1) is 0 Å². The lowest BCUT2D eigenvalue weighted by molar-refractivity contribution is 0.226. The van der Waals surface area contributed by atoms with Crippen LogP contribution in [-0.4, -0.2) is 71.2 Å². The standard InChI is InChI=1S/C33H45N7/c1-22-11-13-27-14-12-24(3)36(6)16-17-37(7)33-25(4)32(38-20-23(2)21-38)34-31-19-29(35-40(31)33)30-10-8-9-15-39(30)26(5)28(27)18-22/h11,13,18-19,23,30H,3,5,8-10,12,14-17,20-21H2,1-2,4,6-7H3. The molecule has 40 heavy (non-hydrogen) atoms. The highest BCUT2D eigenvalue weighted by Gasteiger charge is 2.32. The van der Waals surface area contributed by atoms with Crippen molar-refractivity contribution in [1.82, 2.24) is 24.4 Å². The molecule has 0 saturated carbocycles. The molecule has 2 saturated heterocycles. The predicted molar refractivity (Wildman–Crippen MR) is 166 cm³/mol. The number of fused-ring (bicyclic) bond motifs is 4. The van der Waals surface area contributed by atoms with Gasteiger partial charge in [0, 0.05) is 75.4 Å². The van der Waals surface area contributed by atoms with Gasteiger partial charge in [-0.25, -0.2) is 4.98 Å². The number of anilines is 2. The van der Waals surface area contributed by atoms with Gasteiger partial charge in [0.05, 0.1) is 11.7 Å². The molecule has 0 radical (unpaired) electrons. The maximum absolute atomic E-state index is 5.30. The zero-order valence-electron chi connectivity index (χ0n) is 25.1. The molecule has 6 rings (SSSR count). The van der Waals surface area contributed by atoms with Crippen LogP contribution >= 0.6 is 0 Å². The molecule has 0 aliphatic carbocycles. The first kappa shape index (κ1) is 26.7. The maximum Gasteiger partial charge on any atom is 0.160 e. The Morgan fingerprint density at radius 2 is 1.70 bits per heavy atom. The van der Waals surface area contributed by atoms with E-state index in [2.05, 4.69) is 89.8 Å². The second kappa shape index (κ2) is 10.5. The molecule has 212 valence electrons. The van der Waals surface area contributed by atoms with Crippen LogP contribution in [-0.2, 0) is 6.42 Å². The lowest BCUT2D eigenvalue weighted by Gasteiger charge is -2.39. The van der Waals surface area contributed by atoms with E-state index in [1.165, 1.54) is 40.8 Å². The normalized spacial score (nSPS) is 21.2. The Bertz CT molecular complexity index is 1450. The van der Waals surface area contributed by atoms with Gasteiger partial charge in [-0.2, -0.15) is 9.61 Å². The Balaban J connectivity index is 1.50.